The van der Waals surface area contributed by atoms with Crippen LogP contribution in [-0.2, 0) is 0 Å². The van der Waals surface area contributed by atoms with Crippen LogP contribution in [0.3, 0.4) is 0 Å². The summed E-state index contributed by atoms with van der Waals surface area (Å²) >= 11 is 0. The molecule has 0 bridgehead atoms. The van der Waals surface area contributed by atoms with E-state index in [4.69, 9.17) is 5.73 Å². The molecule has 1 atom stereocenters. The lowest BCUT2D eigenvalue weighted by Gasteiger charge is -2.35. The van der Waals surface area contributed by atoms with Crippen molar-refractivity contribution >= 4 is 18.3 Å². The maximum Gasteiger partial charge on any atom is 0.254 e. The molecular weight excluding hydrogens is 248 g/mol. The first-order chi connectivity index (χ1) is 8.22. The molecule has 1 aromatic rings. The van der Waals surface area contributed by atoms with E-state index in [0.717, 1.165) is 30.5 Å². The van der Waals surface area contributed by atoms with Gasteiger partial charge in [-0.1, -0.05) is 17.7 Å². The van der Waals surface area contributed by atoms with Crippen molar-refractivity contribution in [2.45, 2.75) is 32.2 Å². The van der Waals surface area contributed by atoms with Crippen LogP contribution in [0.5, 0.6) is 0 Å². The second-order valence-electron chi connectivity index (χ2n) is 4.75. The number of nitrogens with zero attached hydrogens (tertiary/aromatic N) is 1. The molecule has 3 nitrogen and oxygen atoms in total. The third-order valence-electron chi connectivity index (χ3n) is 3.43. The number of hydrogen-bond donors (Lipinski definition) is 1. The van der Waals surface area contributed by atoms with Crippen LogP contribution in [0.25, 0.3) is 0 Å². The van der Waals surface area contributed by atoms with Gasteiger partial charge in [0.05, 0.1) is 0 Å². The maximum absolute atomic E-state index is 12.4. The molecule has 4 heteroatoms. The fourth-order valence-electron chi connectivity index (χ4n) is 2.46. The minimum atomic E-state index is 0. The largest absolute Gasteiger partial charge is 0.334 e. The predicted molar refractivity (Wildman–Crippen MR) is 76.2 cm³/mol. The summed E-state index contributed by atoms with van der Waals surface area (Å²) in [4.78, 5) is 14.3. The van der Waals surface area contributed by atoms with Crippen LogP contribution in [0.4, 0.5) is 0 Å². The fraction of sp³-hybridized carbons (Fsp3) is 0.500. The highest BCUT2D eigenvalue weighted by molar-refractivity contribution is 5.94. The minimum Gasteiger partial charge on any atom is -0.334 e. The van der Waals surface area contributed by atoms with E-state index in [9.17, 15) is 4.79 Å². The zero-order valence-corrected chi connectivity index (χ0v) is 11.6. The molecule has 1 saturated heterocycles. The number of nitrogens with two attached hydrogens (primary N) is 1. The average Bonchev–Trinajstić information content (AvgIpc) is 2.38. The Morgan fingerprint density at radius 1 is 1.44 bits per heavy atom. The van der Waals surface area contributed by atoms with Gasteiger partial charge in [-0.15, -0.1) is 12.4 Å². The van der Waals surface area contributed by atoms with Gasteiger partial charge in [-0.3, -0.25) is 4.79 Å². The smallest absolute Gasteiger partial charge is 0.254 e. The van der Waals surface area contributed by atoms with Crippen LogP contribution in [0.1, 0.15) is 35.2 Å². The first kappa shape index (κ1) is 15.0. The van der Waals surface area contributed by atoms with Gasteiger partial charge in [0.15, 0.2) is 0 Å². The predicted octanol–water partition coefficient (Wildman–Crippen LogP) is 2.37. The summed E-state index contributed by atoms with van der Waals surface area (Å²) in [6.45, 7) is 3.42. The van der Waals surface area contributed by atoms with Crippen LogP contribution in [0, 0.1) is 6.92 Å². The standard InChI is InChI=1S/C14H20N2O.ClH/c1-11-5-4-6-12(9-11)14(17)16-8-3-2-7-13(16)10-15;/h4-6,9,13H,2-3,7-8,10,15H2,1H3;1H. The molecule has 0 aromatic heterocycles. The number of aryl methyl sites for hydroxylation is 1. The number of carbonyl (C=O) groups is 1. The molecule has 2 N–H and O–H groups in total. The summed E-state index contributed by atoms with van der Waals surface area (Å²) in [6, 6.07) is 8.00. The normalized spacial score (nSPS) is 19.2. The van der Waals surface area contributed by atoms with E-state index in [1.54, 1.807) is 0 Å². The molecule has 1 heterocycles. The SMILES string of the molecule is Cc1cccc(C(=O)N2CCCCC2CN)c1.Cl. The van der Waals surface area contributed by atoms with Crippen LogP contribution in [0.2, 0.25) is 0 Å². The highest BCUT2D eigenvalue weighted by Crippen LogP contribution is 2.19. The lowest BCUT2D eigenvalue weighted by atomic mass is 10.0. The minimum absolute atomic E-state index is 0. The topological polar surface area (TPSA) is 46.3 Å². The van der Waals surface area contributed by atoms with Crippen molar-refractivity contribution in [1.82, 2.24) is 4.90 Å². The first-order valence-corrected chi connectivity index (χ1v) is 6.30. The first-order valence-electron chi connectivity index (χ1n) is 6.30. The second kappa shape index (κ2) is 6.76. The van der Waals surface area contributed by atoms with E-state index >= 15 is 0 Å². The van der Waals surface area contributed by atoms with E-state index in [1.807, 2.05) is 36.1 Å². The van der Waals surface area contributed by atoms with Gasteiger partial charge in [0.2, 0.25) is 0 Å². The monoisotopic (exact) mass is 268 g/mol. The van der Waals surface area contributed by atoms with E-state index < -0.39 is 0 Å². The van der Waals surface area contributed by atoms with Gasteiger partial charge in [-0.25, -0.2) is 0 Å². The molecule has 0 saturated carbocycles. The molecule has 0 spiro atoms. The van der Waals surface area contributed by atoms with Crippen LogP contribution in [0.15, 0.2) is 24.3 Å². The van der Waals surface area contributed by atoms with Crippen molar-refractivity contribution in [3.8, 4) is 0 Å². The molecule has 1 unspecified atom stereocenters. The lowest BCUT2D eigenvalue weighted by Crippen LogP contribution is -2.47. The van der Waals surface area contributed by atoms with Gasteiger partial charge >= 0.3 is 0 Å². The van der Waals surface area contributed by atoms with Crippen LogP contribution >= 0.6 is 12.4 Å². The van der Waals surface area contributed by atoms with Gasteiger partial charge in [0, 0.05) is 24.7 Å². The van der Waals surface area contributed by atoms with Crippen molar-refractivity contribution in [2.75, 3.05) is 13.1 Å². The molecule has 0 aliphatic carbocycles. The number of carbonyl (C=O) groups excluding carboxylic acids is 1. The van der Waals surface area contributed by atoms with E-state index in [2.05, 4.69) is 0 Å². The van der Waals surface area contributed by atoms with Gasteiger partial charge in [0.1, 0.15) is 0 Å². The fourth-order valence-corrected chi connectivity index (χ4v) is 2.46. The van der Waals surface area contributed by atoms with E-state index in [-0.39, 0.29) is 24.4 Å². The summed E-state index contributed by atoms with van der Waals surface area (Å²) in [5.74, 6) is 0.129. The molecule has 18 heavy (non-hydrogen) atoms. The summed E-state index contributed by atoms with van der Waals surface area (Å²) in [6.07, 6.45) is 3.31. The van der Waals surface area contributed by atoms with Gasteiger partial charge < -0.3 is 10.6 Å². The summed E-state index contributed by atoms with van der Waals surface area (Å²) in [7, 11) is 0. The Labute approximate surface area is 115 Å². The van der Waals surface area contributed by atoms with E-state index in [1.165, 1.54) is 6.42 Å². The quantitative estimate of drug-likeness (QED) is 0.895. The second-order valence-corrected chi connectivity index (χ2v) is 4.75. The molecular formula is C14H21ClN2O. The van der Waals surface area contributed by atoms with Crippen molar-refractivity contribution in [3.05, 3.63) is 35.4 Å². The Morgan fingerprint density at radius 3 is 2.89 bits per heavy atom. The highest BCUT2D eigenvalue weighted by Gasteiger charge is 2.26. The highest BCUT2D eigenvalue weighted by atomic mass is 35.5. The maximum atomic E-state index is 12.4. The van der Waals surface area contributed by atoms with Crippen LogP contribution in [-0.4, -0.2) is 29.9 Å². The molecule has 1 aliphatic heterocycles. The zero-order valence-electron chi connectivity index (χ0n) is 10.8. The zero-order chi connectivity index (χ0) is 12.3. The number of amides is 1. The number of halogens is 1. The molecule has 1 fully saturated rings. The third-order valence-corrected chi connectivity index (χ3v) is 3.43. The number of hydrogen-bond acceptors (Lipinski definition) is 2. The average molecular weight is 269 g/mol. The van der Waals surface area contributed by atoms with Gasteiger partial charge in [0.25, 0.3) is 5.91 Å². The Balaban J connectivity index is 0.00000162. The summed E-state index contributed by atoms with van der Waals surface area (Å²) < 4.78 is 0. The number of rotatable bonds is 2. The van der Waals surface area contributed by atoms with Crippen molar-refractivity contribution < 1.29 is 4.79 Å². The molecule has 1 aliphatic rings. The Hall–Kier alpha value is -1.06. The molecule has 0 radical (unpaired) electrons. The molecule has 2 rings (SSSR count). The Kier molecular flexibility index (Phi) is 5.63. The van der Waals surface area contributed by atoms with Gasteiger partial charge in [-0.2, -0.15) is 0 Å². The van der Waals surface area contributed by atoms with Crippen molar-refractivity contribution in [2.24, 2.45) is 5.73 Å². The number of piperidine rings is 1. The Morgan fingerprint density at radius 2 is 2.22 bits per heavy atom. The molecule has 1 aromatic carbocycles. The summed E-state index contributed by atoms with van der Waals surface area (Å²) in [5, 5.41) is 0. The molecule has 1 amide bonds. The molecule has 100 valence electrons. The van der Waals surface area contributed by atoms with Gasteiger partial charge in [-0.05, 0) is 38.3 Å². The van der Waals surface area contributed by atoms with E-state index in [0.29, 0.717) is 6.54 Å². The third kappa shape index (κ3) is 3.24. The van der Waals surface area contributed by atoms with Crippen LogP contribution < -0.4 is 5.73 Å². The van der Waals surface area contributed by atoms with Crippen molar-refractivity contribution in [1.29, 1.82) is 0 Å². The van der Waals surface area contributed by atoms with Crippen molar-refractivity contribution in [3.63, 3.8) is 0 Å². The number of benzene rings is 1. The Bertz CT molecular complexity index is 409. The lowest BCUT2D eigenvalue weighted by molar-refractivity contribution is 0.0623. The number of likely N-dealkylation sites (tertiary alicyclic amines) is 1. The summed E-state index contributed by atoms with van der Waals surface area (Å²) in [5.41, 5.74) is 7.65.